The molecule has 0 saturated carbocycles. The maximum absolute atomic E-state index is 12.6. The Labute approximate surface area is 415 Å². The van der Waals surface area contributed by atoms with Gasteiger partial charge in [0.25, 0.3) is 0 Å². The van der Waals surface area contributed by atoms with Gasteiger partial charge in [-0.25, -0.2) is 9.59 Å². The first-order valence-corrected chi connectivity index (χ1v) is 25.9. The number of carbonyl (C=O) groups is 4. The minimum absolute atomic E-state index is 0.00892. The summed E-state index contributed by atoms with van der Waals surface area (Å²) >= 11 is 0. The van der Waals surface area contributed by atoms with E-state index in [0.29, 0.717) is 43.3 Å². The second kappa shape index (κ2) is 32.2. The summed E-state index contributed by atoms with van der Waals surface area (Å²) in [6.07, 6.45) is 3.60. The van der Waals surface area contributed by atoms with Gasteiger partial charge >= 0.3 is 23.9 Å². The molecule has 3 rings (SSSR count). The molecule has 0 spiro atoms. The van der Waals surface area contributed by atoms with Gasteiger partial charge in [0.15, 0.2) is 0 Å². The van der Waals surface area contributed by atoms with E-state index in [-0.39, 0.29) is 82.6 Å². The lowest BCUT2D eigenvalue weighted by Crippen LogP contribution is -2.52. The summed E-state index contributed by atoms with van der Waals surface area (Å²) in [5, 5.41) is 83.6. The van der Waals surface area contributed by atoms with E-state index in [4.69, 9.17) is 33.5 Å². The summed E-state index contributed by atoms with van der Waals surface area (Å²) < 4.78 is 33.6. The number of carboxylic acid groups (broad SMARTS) is 1. The normalized spacial score (nSPS) is 28.8. The summed E-state index contributed by atoms with van der Waals surface area (Å²) in [5.74, 6) is -3.82. The molecule has 0 aromatic heterocycles. The first kappa shape index (κ1) is 61.3. The molecule has 0 bridgehead atoms. The largest absolute Gasteiger partial charge is 0.481 e. The monoisotopic (exact) mass is 1000 g/mol. The fourth-order valence-electron chi connectivity index (χ4n) is 9.24. The molecule has 3 fully saturated rings. The Morgan fingerprint density at radius 1 is 0.614 bits per heavy atom. The first-order chi connectivity index (χ1) is 33.2. The summed E-state index contributed by atoms with van der Waals surface area (Å²) in [4.78, 5) is 47.9. The molecular weight excluding hydrogens is 913 g/mol. The fourth-order valence-corrected chi connectivity index (χ4v) is 9.24. The molecule has 0 aromatic rings. The van der Waals surface area contributed by atoms with Crippen molar-refractivity contribution < 1.29 is 88.5 Å². The van der Waals surface area contributed by atoms with Gasteiger partial charge in [-0.05, 0) is 79.1 Å². The standard InChI is InChI=1S/C52H88O18/c1-31(25-45(58)65-21-17-13-9-7-11-15-19-43(55)56)23-40-50(63)48(61)37(29-67-40)27-39(54)47(60)34(4)36(6)69-44(57)20-16-12-8-10-14-18-22-66-46(59)26-32(2)24-41-51(64)49(62)38(30-68-41)28-42-52(70-42)33(3)35(5)53/h25-26,33-42,47-54,60-64H,7-24,27-30H2,1-6H3,(H,55,56)/b31-25+,32-26+/t33-,34-,35-,36-,37-,38-,39-,40-,41-,42-,47-,48+,49+,50-,51-,52-/m0/s1. The number of aliphatic hydroxyl groups excluding tert-OH is 7. The van der Waals surface area contributed by atoms with Crippen LogP contribution < -0.4 is 0 Å². The zero-order valence-corrected chi connectivity index (χ0v) is 42.6. The SMILES string of the molecule is C/C(=C\C(=O)OCCCCCCCCC(=O)O[C@@H](C)[C@H](C)[C@H](O)[C@@H](O)C[C@H]1CO[C@@H](C/C(C)=C/C(=O)OCCCCCCCCC(=O)O)[C@H](O)[C@@H]1O)C[C@@H]1OC[C@H](C[C@@H]2O[C@H]2[C@@H](C)[C@H](C)O)[C@@H](O)[C@H]1O. The van der Waals surface area contributed by atoms with E-state index in [1.165, 1.54) is 12.2 Å². The van der Waals surface area contributed by atoms with Gasteiger partial charge in [-0.15, -0.1) is 0 Å². The maximum atomic E-state index is 12.6. The highest BCUT2D eigenvalue weighted by molar-refractivity contribution is 5.83. The average Bonchev–Trinajstić information content (AvgIpc) is 4.07. The topological polar surface area (TPSA) is 289 Å². The number of esters is 3. The average molecular weight is 1000 g/mol. The fraction of sp³-hybridized carbons (Fsp3) is 0.846. The van der Waals surface area contributed by atoms with E-state index in [2.05, 4.69) is 0 Å². The van der Waals surface area contributed by atoms with Gasteiger partial charge in [0.1, 0.15) is 18.3 Å². The number of aliphatic hydroxyl groups is 7. The van der Waals surface area contributed by atoms with Crippen LogP contribution in [0.3, 0.4) is 0 Å². The Kier molecular flexibility index (Phi) is 28.2. The van der Waals surface area contributed by atoms with E-state index >= 15 is 0 Å². The zero-order chi connectivity index (χ0) is 51.9. The van der Waals surface area contributed by atoms with Crippen molar-refractivity contribution in [1.82, 2.24) is 0 Å². The molecule has 8 N–H and O–H groups in total. The predicted molar refractivity (Wildman–Crippen MR) is 257 cm³/mol. The van der Waals surface area contributed by atoms with Gasteiger partial charge < -0.3 is 69.3 Å². The smallest absolute Gasteiger partial charge is 0.330 e. The van der Waals surface area contributed by atoms with Crippen LogP contribution in [0.25, 0.3) is 0 Å². The second-order valence-electron chi connectivity index (χ2n) is 20.4. The van der Waals surface area contributed by atoms with Crippen molar-refractivity contribution in [2.75, 3.05) is 26.4 Å². The van der Waals surface area contributed by atoms with E-state index in [1.807, 2.05) is 6.92 Å². The molecule has 3 aliphatic rings. The molecule has 3 heterocycles. The summed E-state index contributed by atoms with van der Waals surface area (Å²) in [5.41, 5.74) is 1.27. The van der Waals surface area contributed by atoms with Crippen molar-refractivity contribution in [2.24, 2.45) is 23.7 Å². The molecule has 16 atom stereocenters. The van der Waals surface area contributed by atoms with E-state index in [1.54, 1.807) is 34.6 Å². The molecule has 0 radical (unpaired) electrons. The zero-order valence-electron chi connectivity index (χ0n) is 42.6. The third-order valence-electron chi connectivity index (χ3n) is 14.3. The van der Waals surface area contributed by atoms with Crippen molar-refractivity contribution in [3.63, 3.8) is 0 Å². The summed E-state index contributed by atoms with van der Waals surface area (Å²) in [7, 11) is 0. The molecule has 18 nitrogen and oxygen atoms in total. The number of hydrogen-bond donors (Lipinski definition) is 8. The lowest BCUT2D eigenvalue weighted by molar-refractivity contribution is -0.175. The third kappa shape index (κ3) is 22.4. The molecular formula is C52H88O18. The van der Waals surface area contributed by atoms with Gasteiger partial charge in [0, 0.05) is 48.7 Å². The van der Waals surface area contributed by atoms with E-state index in [9.17, 15) is 54.9 Å². The van der Waals surface area contributed by atoms with Gasteiger partial charge in [0.2, 0.25) is 0 Å². The minimum Gasteiger partial charge on any atom is -0.481 e. The molecule has 0 unspecified atom stereocenters. The number of hydrogen-bond acceptors (Lipinski definition) is 17. The Morgan fingerprint density at radius 2 is 1.07 bits per heavy atom. The molecule has 404 valence electrons. The van der Waals surface area contributed by atoms with Crippen LogP contribution in [0.4, 0.5) is 0 Å². The minimum atomic E-state index is -1.30. The Morgan fingerprint density at radius 3 is 1.57 bits per heavy atom. The highest BCUT2D eigenvalue weighted by Gasteiger charge is 2.48. The highest BCUT2D eigenvalue weighted by Crippen LogP contribution is 2.38. The number of carboxylic acids is 1. The van der Waals surface area contributed by atoms with Gasteiger partial charge in [-0.1, -0.05) is 76.4 Å². The number of aliphatic carboxylic acids is 1. The molecule has 3 saturated heterocycles. The van der Waals surface area contributed by atoms with Crippen LogP contribution in [0.1, 0.15) is 157 Å². The summed E-state index contributed by atoms with van der Waals surface area (Å²) in [6, 6.07) is 0. The predicted octanol–water partition coefficient (Wildman–Crippen LogP) is 4.62. The Bertz CT molecular complexity index is 1620. The van der Waals surface area contributed by atoms with Crippen LogP contribution >= 0.6 is 0 Å². The van der Waals surface area contributed by atoms with Crippen LogP contribution in [0.5, 0.6) is 0 Å². The quantitative estimate of drug-likeness (QED) is 0.0143. The molecule has 0 amide bonds. The number of unbranched alkanes of at least 4 members (excludes halogenated alkanes) is 10. The van der Waals surface area contributed by atoms with Crippen LogP contribution in [0.15, 0.2) is 23.3 Å². The molecule has 3 aliphatic heterocycles. The van der Waals surface area contributed by atoms with Crippen molar-refractivity contribution in [3.05, 3.63) is 23.3 Å². The van der Waals surface area contributed by atoms with Crippen molar-refractivity contribution in [1.29, 1.82) is 0 Å². The number of ether oxygens (including phenoxy) is 6. The van der Waals surface area contributed by atoms with E-state index in [0.717, 1.165) is 51.4 Å². The third-order valence-corrected chi connectivity index (χ3v) is 14.3. The maximum Gasteiger partial charge on any atom is 0.330 e. The van der Waals surface area contributed by atoms with Gasteiger partial charge in [-0.2, -0.15) is 0 Å². The molecule has 0 aromatic carbocycles. The van der Waals surface area contributed by atoms with Gasteiger partial charge in [0.05, 0.1) is 81.4 Å². The lowest BCUT2D eigenvalue weighted by Gasteiger charge is -2.39. The molecule has 18 heteroatoms. The van der Waals surface area contributed by atoms with Crippen molar-refractivity contribution >= 4 is 23.9 Å². The highest BCUT2D eigenvalue weighted by atomic mass is 16.6. The van der Waals surface area contributed by atoms with Crippen LogP contribution in [0, 0.1) is 23.7 Å². The van der Waals surface area contributed by atoms with Gasteiger partial charge in [-0.3, -0.25) is 9.59 Å². The number of epoxide rings is 1. The number of rotatable bonds is 34. The van der Waals surface area contributed by atoms with Crippen LogP contribution in [-0.2, 0) is 47.6 Å². The lowest BCUT2D eigenvalue weighted by atomic mass is 9.83. The Hall–Kier alpha value is -3.04. The van der Waals surface area contributed by atoms with E-state index < -0.39 is 96.8 Å². The number of carbonyl (C=O) groups excluding carboxylic acids is 3. The van der Waals surface area contributed by atoms with Crippen molar-refractivity contribution in [3.8, 4) is 0 Å². The molecule has 0 aliphatic carbocycles. The first-order valence-electron chi connectivity index (χ1n) is 25.9. The van der Waals surface area contributed by atoms with Crippen LogP contribution in [-0.4, -0.2) is 164 Å². The second-order valence-corrected chi connectivity index (χ2v) is 20.4. The van der Waals surface area contributed by atoms with Crippen molar-refractivity contribution in [2.45, 2.75) is 230 Å². The Balaban J connectivity index is 1.21. The summed E-state index contributed by atoms with van der Waals surface area (Å²) in [6.45, 7) is 11.2. The van der Waals surface area contributed by atoms with Crippen LogP contribution in [0.2, 0.25) is 0 Å². The molecule has 70 heavy (non-hydrogen) atoms.